The number of carbonyl (C=O) groups is 2. The minimum absolute atomic E-state index is 0.126. The van der Waals surface area contributed by atoms with E-state index in [0.29, 0.717) is 17.3 Å². The van der Waals surface area contributed by atoms with Crippen molar-refractivity contribution < 1.29 is 18.0 Å². The Bertz CT molecular complexity index is 1320. The number of rotatable bonds is 12. The number of nitrogens with one attached hydrogen (secondary N) is 1. The second-order valence-corrected chi connectivity index (χ2v) is 12.1. The smallest absolute Gasteiger partial charge is 0.244 e. The van der Waals surface area contributed by atoms with Crippen LogP contribution in [0.2, 0.25) is 5.02 Å². The van der Waals surface area contributed by atoms with E-state index >= 15 is 0 Å². The van der Waals surface area contributed by atoms with Crippen LogP contribution >= 0.6 is 27.5 Å². The lowest BCUT2D eigenvalue weighted by Crippen LogP contribution is -2.53. The van der Waals surface area contributed by atoms with E-state index in [2.05, 4.69) is 21.2 Å². The van der Waals surface area contributed by atoms with Crippen molar-refractivity contribution >= 4 is 55.1 Å². The molecule has 0 aromatic heterocycles. The van der Waals surface area contributed by atoms with E-state index in [4.69, 9.17) is 11.6 Å². The molecular formula is C28H31BrClN3O4S. The number of benzene rings is 3. The van der Waals surface area contributed by atoms with Crippen LogP contribution < -0.4 is 9.62 Å². The second-order valence-electron chi connectivity index (χ2n) is 8.89. The fourth-order valence-electron chi connectivity index (χ4n) is 3.93. The molecule has 2 amide bonds. The molecule has 0 unspecified atom stereocenters. The summed E-state index contributed by atoms with van der Waals surface area (Å²) >= 11 is 9.42. The molecule has 0 saturated carbocycles. The Kier molecular flexibility index (Phi) is 10.8. The van der Waals surface area contributed by atoms with Gasteiger partial charge in [0.1, 0.15) is 12.6 Å². The lowest BCUT2D eigenvalue weighted by Gasteiger charge is -2.33. The van der Waals surface area contributed by atoms with Crippen LogP contribution in [-0.4, -0.2) is 50.5 Å². The van der Waals surface area contributed by atoms with Gasteiger partial charge in [0, 0.05) is 29.0 Å². The van der Waals surface area contributed by atoms with Crippen molar-refractivity contribution in [2.24, 2.45) is 0 Å². The quantitative estimate of drug-likeness (QED) is 0.308. The van der Waals surface area contributed by atoms with Crippen LogP contribution in [0.15, 0.2) is 83.3 Å². The van der Waals surface area contributed by atoms with Crippen molar-refractivity contribution in [1.82, 2.24) is 10.2 Å². The number of hydrogen-bond acceptors (Lipinski definition) is 4. The van der Waals surface area contributed by atoms with Gasteiger partial charge < -0.3 is 10.2 Å². The Hall–Kier alpha value is -2.88. The first-order valence-electron chi connectivity index (χ1n) is 12.2. The van der Waals surface area contributed by atoms with E-state index in [9.17, 15) is 18.0 Å². The van der Waals surface area contributed by atoms with E-state index in [1.807, 2.05) is 61.5 Å². The molecule has 7 nitrogen and oxygen atoms in total. The summed E-state index contributed by atoms with van der Waals surface area (Å²) in [5, 5.41) is 3.36. The van der Waals surface area contributed by atoms with Gasteiger partial charge in [0.25, 0.3) is 0 Å². The van der Waals surface area contributed by atoms with Gasteiger partial charge in [0.05, 0.1) is 11.9 Å². The lowest BCUT2D eigenvalue weighted by atomic mass is 10.0. The Balaban J connectivity index is 2.02. The highest BCUT2D eigenvalue weighted by molar-refractivity contribution is 9.10. The highest BCUT2D eigenvalue weighted by Gasteiger charge is 2.32. The van der Waals surface area contributed by atoms with Gasteiger partial charge in [-0.25, -0.2) is 8.42 Å². The van der Waals surface area contributed by atoms with E-state index in [0.717, 1.165) is 32.6 Å². The predicted molar refractivity (Wildman–Crippen MR) is 156 cm³/mol. The van der Waals surface area contributed by atoms with Crippen molar-refractivity contribution in [3.8, 4) is 0 Å². The molecule has 10 heteroatoms. The molecule has 3 rings (SSSR count). The maximum absolute atomic E-state index is 13.9. The highest BCUT2D eigenvalue weighted by Crippen LogP contribution is 2.22. The van der Waals surface area contributed by atoms with Gasteiger partial charge >= 0.3 is 0 Å². The van der Waals surface area contributed by atoms with Gasteiger partial charge in [-0.1, -0.05) is 76.9 Å². The molecule has 3 aromatic carbocycles. The normalized spacial score (nSPS) is 12.0. The molecule has 3 aromatic rings. The van der Waals surface area contributed by atoms with Crippen LogP contribution in [0.3, 0.4) is 0 Å². The third-order valence-corrected chi connectivity index (χ3v) is 7.80. The SMILES string of the molecule is CCCNC(=O)[C@H](Cc1ccccc1)N(Cc1ccc(Br)cc1)C(=O)CN(c1ccc(Cl)cc1)S(C)(=O)=O. The fourth-order valence-corrected chi connectivity index (χ4v) is 5.17. The summed E-state index contributed by atoms with van der Waals surface area (Å²) in [6.45, 7) is 2.07. The monoisotopic (exact) mass is 619 g/mol. The van der Waals surface area contributed by atoms with Gasteiger partial charge in [-0.3, -0.25) is 13.9 Å². The maximum Gasteiger partial charge on any atom is 0.244 e. The number of hydrogen-bond donors (Lipinski definition) is 1. The van der Waals surface area contributed by atoms with Gasteiger partial charge in [0.2, 0.25) is 21.8 Å². The summed E-state index contributed by atoms with van der Waals surface area (Å²) in [5.74, 6) is -0.792. The van der Waals surface area contributed by atoms with E-state index in [-0.39, 0.29) is 18.9 Å². The van der Waals surface area contributed by atoms with Crippen molar-refractivity contribution in [2.45, 2.75) is 32.4 Å². The summed E-state index contributed by atoms with van der Waals surface area (Å²) in [6, 6.07) is 22.3. The third kappa shape index (κ3) is 8.58. The van der Waals surface area contributed by atoms with Gasteiger partial charge in [-0.05, 0) is 53.9 Å². The van der Waals surface area contributed by atoms with E-state index in [1.54, 1.807) is 24.3 Å². The first-order chi connectivity index (χ1) is 18.1. The fraction of sp³-hybridized carbons (Fsp3) is 0.286. The van der Waals surface area contributed by atoms with Crippen LogP contribution in [0.5, 0.6) is 0 Å². The predicted octanol–water partition coefficient (Wildman–Crippen LogP) is 5.03. The first kappa shape index (κ1) is 29.7. The number of amides is 2. The Labute approximate surface area is 238 Å². The molecule has 0 bridgehead atoms. The summed E-state index contributed by atoms with van der Waals surface area (Å²) in [4.78, 5) is 28.8. The van der Waals surface area contributed by atoms with Crippen LogP contribution in [-0.2, 0) is 32.6 Å². The zero-order chi connectivity index (χ0) is 27.7. The summed E-state index contributed by atoms with van der Waals surface area (Å²) in [6.07, 6.45) is 2.06. The zero-order valence-electron chi connectivity index (χ0n) is 21.3. The molecule has 0 radical (unpaired) electrons. The Morgan fingerprint density at radius 2 is 1.58 bits per heavy atom. The van der Waals surface area contributed by atoms with Crippen LogP contribution in [0.1, 0.15) is 24.5 Å². The molecule has 0 aliphatic carbocycles. The molecule has 202 valence electrons. The minimum Gasteiger partial charge on any atom is -0.354 e. The summed E-state index contributed by atoms with van der Waals surface area (Å²) in [7, 11) is -3.82. The maximum atomic E-state index is 13.9. The second kappa shape index (κ2) is 13.8. The van der Waals surface area contributed by atoms with Crippen LogP contribution in [0.25, 0.3) is 0 Å². The molecule has 0 heterocycles. The van der Waals surface area contributed by atoms with Crippen LogP contribution in [0, 0.1) is 0 Å². The van der Waals surface area contributed by atoms with E-state index < -0.39 is 28.5 Å². The number of carbonyl (C=O) groups excluding carboxylic acids is 2. The Morgan fingerprint density at radius 1 is 0.947 bits per heavy atom. The van der Waals surface area contributed by atoms with Gasteiger partial charge in [-0.15, -0.1) is 0 Å². The number of sulfonamides is 1. The third-order valence-electron chi connectivity index (χ3n) is 5.88. The summed E-state index contributed by atoms with van der Waals surface area (Å²) in [5.41, 5.74) is 2.00. The van der Waals surface area contributed by atoms with Crippen LogP contribution in [0.4, 0.5) is 5.69 Å². The van der Waals surface area contributed by atoms with Crippen molar-refractivity contribution in [3.63, 3.8) is 0 Å². The van der Waals surface area contributed by atoms with Crippen molar-refractivity contribution in [3.05, 3.63) is 99.5 Å². The first-order valence-corrected chi connectivity index (χ1v) is 15.2. The summed E-state index contributed by atoms with van der Waals surface area (Å²) < 4.78 is 27.4. The molecule has 0 fully saturated rings. The minimum atomic E-state index is -3.82. The molecule has 0 aliphatic rings. The number of anilines is 1. The largest absolute Gasteiger partial charge is 0.354 e. The van der Waals surface area contributed by atoms with Crippen molar-refractivity contribution in [2.75, 3.05) is 23.7 Å². The molecule has 1 atom stereocenters. The Morgan fingerprint density at radius 3 is 2.16 bits per heavy atom. The number of nitrogens with zero attached hydrogens (tertiary/aromatic N) is 2. The number of halogens is 2. The molecule has 0 saturated heterocycles. The molecule has 0 aliphatic heterocycles. The average Bonchev–Trinajstić information content (AvgIpc) is 2.89. The molecule has 38 heavy (non-hydrogen) atoms. The zero-order valence-corrected chi connectivity index (χ0v) is 24.5. The average molecular weight is 621 g/mol. The lowest BCUT2D eigenvalue weighted by molar-refractivity contribution is -0.140. The molecular weight excluding hydrogens is 590 g/mol. The topological polar surface area (TPSA) is 86.8 Å². The molecule has 1 N–H and O–H groups in total. The van der Waals surface area contributed by atoms with E-state index in [1.165, 1.54) is 4.90 Å². The van der Waals surface area contributed by atoms with Gasteiger partial charge in [0.15, 0.2) is 0 Å². The van der Waals surface area contributed by atoms with Crippen molar-refractivity contribution in [1.29, 1.82) is 0 Å². The van der Waals surface area contributed by atoms with Gasteiger partial charge in [-0.2, -0.15) is 0 Å². The molecule has 0 spiro atoms. The highest BCUT2D eigenvalue weighted by atomic mass is 79.9. The standard InChI is InChI=1S/C28H31BrClN3O4S/c1-3-17-31-28(35)26(18-21-7-5-4-6-8-21)32(19-22-9-11-23(29)12-10-22)27(34)20-33(38(2,36)37)25-15-13-24(30)14-16-25/h4-16,26H,3,17-20H2,1-2H3,(H,31,35)/t26-/m0/s1.